The second-order valence-corrected chi connectivity index (χ2v) is 4.44. The zero-order valence-corrected chi connectivity index (χ0v) is 10.9. The van der Waals surface area contributed by atoms with Crippen LogP contribution >= 0.6 is 0 Å². The summed E-state index contributed by atoms with van der Waals surface area (Å²) >= 11 is 0. The highest BCUT2D eigenvalue weighted by atomic mass is 16.5. The number of nitrogen functional groups attached to an aromatic ring is 1. The van der Waals surface area contributed by atoms with Gasteiger partial charge in [-0.25, -0.2) is 4.79 Å². The van der Waals surface area contributed by atoms with Gasteiger partial charge in [-0.2, -0.15) is 0 Å². The Hall–Kier alpha value is -1.45. The van der Waals surface area contributed by atoms with Crippen LogP contribution in [0.4, 0.5) is 5.69 Å². The number of rotatable bonds is 6. The molecule has 1 aromatic heterocycles. The normalized spacial score (nSPS) is 12.4. The van der Waals surface area contributed by atoms with E-state index in [1.807, 2.05) is 11.5 Å². The van der Waals surface area contributed by atoms with E-state index < -0.39 is 0 Å². The number of hydrogen-bond acceptors (Lipinski definition) is 3. The molecule has 0 amide bonds. The third-order valence-corrected chi connectivity index (χ3v) is 2.75. The molecule has 0 radical (unpaired) electrons. The number of ether oxygens (including phenoxy) is 1. The van der Waals surface area contributed by atoms with Gasteiger partial charge in [0.25, 0.3) is 0 Å². The van der Waals surface area contributed by atoms with E-state index in [1.165, 1.54) is 0 Å². The summed E-state index contributed by atoms with van der Waals surface area (Å²) in [5.74, 6) is 0.123. The van der Waals surface area contributed by atoms with Gasteiger partial charge in [-0.05, 0) is 25.3 Å². The van der Waals surface area contributed by atoms with Crippen LogP contribution in [0.2, 0.25) is 0 Å². The van der Waals surface area contributed by atoms with Crippen LogP contribution in [-0.4, -0.2) is 17.1 Å². The summed E-state index contributed by atoms with van der Waals surface area (Å²) in [6, 6.07) is 1.66. The summed E-state index contributed by atoms with van der Waals surface area (Å²) in [4.78, 5) is 11.8. The van der Waals surface area contributed by atoms with E-state index in [-0.39, 0.29) is 5.97 Å². The first kappa shape index (κ1) is 13.6. The third kappa shape index (κ3) is 3.80. The Morgan fingerprint density at radius 3 is 2.82 bits per heavy atom. The van der Waals surface area contributed by atoms with Crippen LogP contribution in [0.1, 0.15) is 44.1 Å². The minimum absolute atomic E-state index is 0.286. The molecule has 0 aromatic carbocycles. The van der Waals surface area contributed by atoms with Gasteiger partial charge in [-0.3, -0.25) is 0 Å². The van der Waals surface area contributed by atoms with Crippen molar-refractivity contribution in [3.63, 3.8) is 0 Å². The molecule has 0 saturated carbocycles. The van der Waals surface area contributed by atoms with Gasteiger partial charge < -0.3 is 15.0 Å². The first-order chi connectivity index (χ1) is 8.08. The molecule has 2 N–H and O–H groups in total. The maximum Gasteiger partial charge on any atom is 0.355 e. The predicted octanol–water partition coefficient (Wildman–Crippen LogP) is 2.68. The smallest absolute Gasteiger partial charge is 0.355 e. The Labute approximate surface area is 103 Å². The van der Waals surface area contributed by atoms with E-state index in [0.29, 0.717) is 30.5 Å². The van der Waals surface area contributed by atoms with Crippen molar-refractivity contribution >= 4 is 11.7 Å². The topological polar surface area (TPSA) is 57.2 Å². The number of aryl methyl sites for hydroxylation is 1. The van der Waals surface area contributed by atoms with E-state index >= 15 is 0 Å². The van der Waals surface area contributed by atoms with Gasteiger partial charge in [-0.1, -0.05) is 20.3 Å². The second-order valence-electron chi connectivity index (χ2n) is 4.44. The maximum atomic E-state index is 11.8. The molecule has 4 heteroatoms. The number of carbonyl (C=O) groups excluding carboxylic acids is 1. The lowest BCUT2D eigenvalue weighted by molar-refractivity contribution is 0.0431. The number of nitrogens with zero attached hydrogens (tertiary/aromatic N) is 1. The molecular weight excluding hydrogens is 216 g/mol. The Kier molecular flexibility index (Phi) is 5.07. The van der Waals surface area contributed by atoms with Crippen molar-refractivity contribution in [3.8, 4) is 0 Å². The molecule has 4 nitrogen and oxygen atoms in total. The molecular formula is C13H22N2O2. The Balaban J connectivity index is 2.57. The molecule has 0 bridgehead atoms. The fraction of sp³-hybridized carbons (Fsp3) is 0.615. The number of nitrogens with two attached hydrogens (primary N) is 1. The lowest BCUT2D eigenvalue weighted by Gasteiger charge is -2.11. The molecule has 17 heavy (non-hydrogen) atoms. The van der Waals surface area contributed by atoms with E-state index in [9.17, 15) is 4.79 Å². The zero-order valence-electron chi connectivity index (χ0n) is 10.9. The van der Waals surface area contributed by atoms with Crippen LogP contribution in [0.3, 0.4) is 0 Å². The van der Waals surface area contributed by atoms with Crippen LogP contribution in [0.5, 0.6) is 0 Å². The van der Waals surface area contributed by atoms with Crippen molar-refractivity contribution in [2.75, 3.05) is 12.3 Å². The van der Waals surface area contributed by atoms with E-state index in [4.69, 9.17) is 10.5 Å². The fourth-order valence-corrected chi connectivity index (χ4v) is 1.83. The van der Waals surface area contributed by atoms with Crippen molar-refractivity contribution < 1.29 is 9.53 Å². The van der Waals surface area contributed by atoms with Crippen molar-refractivity contribution in [1.82, 2.24) is 4.57 Å². The monoisotopic (exact) mass is 238 g/mol. The SMILES string of the molecule is CCCC(C)COC(=O)c1cc(N)cn1CC. The van der Waals surface area contributed by atoms with Crippen LogP contribution in [-0.2, 0) is 11.3 Å². The van der Waals surface area contributed by atoms with Crippen molar-refractivity contribution in [1.29, 1.82) is 0 Å². The van der Waals surface area contributed by atoms with E-state index in [2.05, 4.69) is 13.8 Å². The van der Waals surface area contributed by atoms with Crippen LogP contribution in [0, 0.1) is 5.92 Å². The average Bonchev–Trinajstić information content (AvgIpc) is 2.68. The average molecular weight is 238 g/mol. The Morgan fingerprint density at radius 2 is 2.24 bits per heavy atom. The molecule has 0 aliphatic carbocycles. The van der Waals surface area contributed by atoms with Crippen molar-refractivity contribution in [2.24, 2.45) is 5.92 Å². The first-order valence-corrected chi connectivity index (χ1v) is 6.21. The summed E-state index contributed by atoms with van der Waals surface area (Å²) in [5, 5.41) is 0. The molecule has 1 rings (SSSR count). The lowest BCUT2D eigenvalue weighted by atomic mass is 10.1. The van der Waals surface area contributed by atoms with Gasteiger partial charge in [0.05, 0.1) is 12.3 Å². The summed E-state index contributed by atoms with van der Waals surface area (Å²) in [6.45, 7) is 7.37. The number of esters is 1. The fourth-order valence-electron chi connectivity index (χ4n) is 1.83. The standard InChI is InChI=1S/C13H22N2O2/c1-4-6-10(3)9-17-13(16)12-7-11(14)8-15(12)5-2/h7-8,10H,4-6,9,14H2,1-3H3. The molecule has 0 aliphatic rings. The van der Waals surface area contributed by atoms with Gasteiger partial charge in [0.2, 0.25) is 0 Å². The molecule has 0 fully saturated rings. The third-order valence-electron chi connectivity index (χ3n) is 2.75. The first-order valence-electron chi connectivity index (χ1n) is 6.21. The van der Waals surface area contributed by atoms with Gasteiger partial charge in [-0.15, -0.1) is 0 Å². The lowest BCUT2D eigenvalue weighted by Crippen LogP contribution is -2.15. The summed E-state index contributed by atoms with van der Waals surface area (Å²) < 4.78 is 7.09. The predicted molar refractivity (Wildman–Crippen MR) is 68.9 cm³/mol. The number of hydrogen-bond donors (Lipinski definition) is 1. The zero-order chi connectivity index (χ0) is 12.8. The largest absolute Gasteiger partial charge is 0.461 e. The number of aromatic nitrogens is 1. The highest BCUT2D eigenvalue weighted by Gasteiger charge is 2.14. The van der Waals surface area contributed by atoms with Gasteiger partial charge in [0, 0.05) is 12.7 Å². The molecule has 1 aromatic rings. The van der Waals surface area contributed by atoms with E-state index in [1.54, 1.807) is 12.3 Å². The Morgan fingerprint density at radius 1 is 1.53 bits per heavy atom. The summed E-state index contributed by atoms with van der Waals surface area (Å²) in [6.07, 6.45) is 3.94. The van der Waals surface area contributed by atoms with E-state index in [0.717, 1.165) is 12.8 Å². The van der Waals surface area contributed by atoms with Gasteiger partial charge in [0.1, 0.15) is 5.69 Å². The molecule has 0 aliphatic heterocycles. The summed E-state index contributed by atoms with van der Waals surface area (Å²) in [7, 11) is 0. The second kappa shape index (κ2) is 6.33. The highest BCUT2D eigenvalue weighted by Crippen LogP contribution is 2.13. The van der Waals surface area contributed by atoms with Gasteiger partial charge in [0.15, 0.2) is 0 Å². The molecule has 1 atom stereocenters. The minimum atomic E-state index is -0.286. The number of carbonyl (C=O) groups is 1. The molecule has 0 spiro atoms. The van der Waals surface area contributed by atoms with Crippen molar-refractivity contribution in [2.45, 2.75) is 40.2 Å². The van der Waals surface area contributed by atoms with Crippen molar-refractivity contribution in [3.05, 3.63) is 18.0 Å². The minimum Gasteiger partial charge on any atom is -0.461 e. The molecule has 0 saturated heterocycles. The number of anilines is 1. The van der Waals surface area contributed by atoms with Crippen LogP contribution in [0.25, 0.3) is 0 Å². The van der Waals surface area contributed by atoms with Crippen LogP contribution in [0.15, 0.2) is 12.3 Å². The highest BCUT2D eigenvalue weighted by molar-refractivity contribution is 5.89. The molecule has 1 unspecified atom stereocenters. The molecule has 96 valence electrons. The maximum absolute atomic E-state index is 11.8. The molecule has 1 heterocycles. The Bertz CT molecular complexity index is 371. The summed E-state index contributed by atoms with van der Waals surface area (Å²) in [5.41, 5.74) is 6.80. The van der Waals surface area contributed by atoms with Crippen LogP contribution < -0.4 is 5.73 Å². The van der Waals surface area contributed by atoms with Gasteiger partial charge >= 0.3 is 5.97 Å². The quantitative estimate of drug-likeness (QED) is 0.775.